The first-order chi connectivity index (χ1) is 12.2. The van der Waals surface area contributed by atoms with Crippen molar-refractivity contribution in [2.75, 3.05) is 10.8 Å². The zero-order valence-corrected chi connectivity index (χ0v) is 15.3. The Morgan fingerprint density at radius 1 is 1.19 bits per heavy atom. The van der Waals surface area contributed by atoms with Gasteiger partial charge in [0.2, 0.25) is 0 Å². The molecule has 0 atom stereocenters. The third kappa shape index (κ3) is 4.05. The number of benzene rings is 2. The van der Waals surface area contributed by atoms with Crippen LogP contribution in [0.2, 0.25) is 10.0 Å². The number of nitro benzene ring substituents is 1. The number of para-hydroxylation sites is 1. The molecular weight excluding hydrogens is 407 g/mol. The number of hydrazine groups is 1. The van der Waals surface area contributed by atoms with Crippen LogP contribution in [-0.4, -0.2) is 25.8 Å². The molecule has 0 unspecified atom stereocenters. The second-order valence-electron chi connectivity index (χ2n) is 4.90. The van der Waals surface area contributed by atoms with Crippen molar-refractivity contribution in [2.24, 2.45) is 5.84 Å². The topological polar surface area (TPSA) is 136 Å². The van der Waals surface area contributed by atoms with Crippen molar-refractivity contribution >= 4 is 50.5 Å². The van der Waals surface area contributed by atoms with E-state index in [0.717, 1.165) is 18.2 Å². The number of nitrogens with two attached hydrogens (primary N) is 1. The number of nitro groups is 1. The molecule has 0 aliphatic carbocycles. The fourth-order valence-electron chi connectivity index (χ4n) is 2.07. The first-order valence-corrected chi connectivity index (χ1v) is 9.08. The number of non-ortho nitro benzene ring substituents is 1. The van der Waals surface area contributed by atoms with Gasteiger partial charge in [0, 0.05) is 12.1 Å². The lowest BCUT2D eigenvalue weighted by molar-refractivity contribution is -0.385. The Labute approximate surface area is 158 Å². The number of carbonyl (C=O) groups is 1. The van der Waals surface area contributed by atoms with Gasteiger partial charge in [-0.3, -0.25) is 24.6 Å². The molecule has 2 aromatic carbocycles. The molecule has 138 valence electrons. The summed E-state index contributed by atoms with van der Waals surface area (Å²) in [5, 5.41) is 10.9. The van der Waals surface area contributed by atoms with Crippen LogP contribution in [0.4, 0.5) is 11.4 Å². The molecule has 0 spiro atoms. The van der Waals surface area contributed by atoms with Crippen molar-refractivity contribution in [3.05, 3.63) is 62.6 Å². The van der Waals surface area contributed by atoms with E-state index in [0.29, 0.717) is 4.31 Å². The SMILES string of the molecule is NNC(=O)CN(c1c(Cl)cccc1Cl)S(=O)(=O)c1cccc([N+](=O)[O-])c1. The van der Waals surface area contributed by atoms with Gasteiger partial charge in [-0.1, -0.05) is 35.3 Å². The molecule has 26 heavy (non-hydrogen) atoms. The first kappa shape index (κ1) is 19.9. The van der Waals surface area contributed by atoms with Crippen molar-refractivity contribution < 1.29 is 18.1 Å². The van der Waals surface area contributed by atoms with Gasteiger partial charge >= 0.3 is 0 Å². The summed E-state index contributed by atoms with van der Waals surface area (Å²) in [6, 6.07) is 8.64. The average molecular weight is 419 g/mol. The monoisotopic (exact) mass is 418 g/mol. The minimum Gasteiger partial charge on any atom is -0.293 e. The van der Waals surface area contributed by atoms with Gasteiger partial charge in [0.25, 0.3) is 21.6 Å². The molecule has 2 rings (SSSR count). The lowest BCUT2D eigenvalue weighted by atomic mass is 10.3. The molecule has 3 N–H and O–H groups in total. The Bertz CT molecular complexity index is 947. The smallest absolute Gasteiger partial charge is 0.270 e. The number of amides is 1. The first-order valence-electron chi connectivity index (χ1n) is 6.89. The van der Waals surface area contributed by atoms with Crippen molar-refractivity contribution in [1.29, 1.82) is 0 Å². The number of nitrogens with one attached hydrogen (secondary N) is 1. The zero-order chi connectivity index (χ0) is 19.5. The highest BCUT2D eigenvalue weighted by Gasteiger charge is 2.31. The zero-order valence-electron chi connectivity index (χ0n) is 12.9. The fourth-order valence-corrected chi connectivity index (χ4v) is 4.27. The van der Waals surface area contributed by atoms with Gasteiger partial charge in [-0.25, -0.2) is 14.3 Å². The number of hydrogen-bond donors (Lipinski definition) is 2. The number of hydrogen-bond acceptors (Lipinski definition) is 6. The van der Waals surface area contributed by atoms with E-state index in [2.05, 4.69) is 0 Å². The van der Waals surface area contributed by atoms with Gasteiger partial charge in [0.15, 0.2) is 0 Å². The summed E-state index contributed by atoms with van der Waals surface area (Å²) in [5.41, 5.74) is 1.24. The molecule has 0 radical (unpaired) electrons. The van der Waals surface area contributed by atoms with E-state index in [1.807, 2.05) is 5.43 Å². The molecule has 0 aliphatic rings. The normalized spacial score (nSPS) is 11.0. The van der Waals surface area contributed by atoms with Crippen LogP contribution in [0, 0.1) is 10.1 Å². The van der Waals surface area contributed by atoms with Crippen LogP contribution in [0.5, 0.6) is 0 Å². The second-order valence-corrected chi connectivity index (χ2v) is 7.58. The maximum absolute atomic E-state index is 13.0. The maximum atomic E-state index is 13.0. The Hall–Kier alpha value is -2.40. The van der Waals surface area contributed by atoms with E-state index < -0.39 is 38.0 Å². The van der Waals surface area contributed by atoms with Crippen LogP contribution < -0.4 is 15.6 Å². The molecule has 0 aliphatic heterocycles. The third-order valence-electron chi connectivity index (χ3n) is 3.25. The minimum absolute atomic E-state index is 0.0312. The van der Waals surface area contributed by atoms with E-state index in [1.54, 1.807) is 0 Å². The molecule has 9 nitrogen and oxygen atoms in total. The van der Waals surface area contributed by atoms with Crippen molar-refractivity contribution in [2.45, 2.75) is 4.90 Å². The number of carbonyl (C=O) groups excluding carboxylic acids is 1. The van der Waals surface area contributed by atoms with E-state index in [4.69, 9.17) is 29.0 Å². The number of rotatable bonds is 6. The fraction of sp³-hybridized carbons (Fsp3) is 0.0714. The average Bonchev–Trinajstić information content (AvgIpc) is 2.60. The van der Waals surface area contributed by atoms with E-state index in [1.165, 1.54) is 24.3 Å². The second kappa shape index (κ2) is 7.87. The summed E-state index contributed by atoms with van der Waals surface area (Å²) in [7, 11) is -4.42. The van der Waals surface area contributed by atoms with Crippen molar-refractivity contribution in [3.8, 4) is 0 Å². The molecule has 0 heterocycles. The van der Waals surface area contributed by atoms with Gasteiger partial charge in [0.05, 0.1) is 25.6 Å². The molecule has 0 saturated carbocycles. The molecule has 1 amide bonds. The lowest BCUT2D eigenvalue weighted by Crippen LogP contribution is -2.43. The molecule has 0 bridgehead atoms. The Balaban J connectivity index is 2.66. The molecule has 0 aromatic heterocycles. The predicted octanol–water partition coefficient (Wildman–Crippen LogP) is 2.09. The molecule has 2 aromatic rings. The number of nitrogens with zero attached hydrogens (tertiary/aromatic N) is 2. The summed E-state index contributed by atoms with van der Waals surface area (Å²) >= 11 is 12.1. The summed E-state index contributed by atoms with van der Waals surface area (Å²) in [6.45, 7) is -0.731. The Kier molecular flexibility index (Phi) is 6.03. The Morgan fingerprint density at radius 2 is 1.77 bits per heavy atom. The van der Waals surface area contributed by atoms with Crippen LogP contribution >= 0.6 is 23.2 Å². The molecular formula is C14H12Cl2N4O5S. The standard InChI is InChI=1S/C14H12Cl2N4O5S/c15-11-5-2-6-12(16)14(11)19(8-13(21)18-17)26(24,25)10-4-1-3-9(7-10)20(22)23/h1-7H,8,17H2,(H,18,21). The lowest BCUT2D eigenvalue weighted by Gasteiger charge is -2.25. The molecule has 0 saturated heterocycles. The Morgan fingerprint density at radius 3 is 2.31 bits per heavy atom. The highest BCUT2D eigenvalue weighted by Crippen LogP contribution is 2.37. The predicted molar refractivity (Wildman–Crippen MR) is 96.4 cm³/mol. The largest absolute Gasteiger partial charge is 0.293 e. The van der Waals surface area contributed by atoms with E-state index in [9.17, 15) is 23.3 Å². The van der Waals surface area contributed by atoms with Gasteiger partial charge in [-0.15, -0.1) is 0 Å². The molecule has 12 heteroatoms. The van der Waals surface area contributed by atoms with E-state index >= 15 is 0 Å². The summed E-state index contributed by atoms with van der Waals surface area (Å²) < 4.78 is 26.7. The van der Waals surface area contributed by atoms with Crippen LogP contribution in [0.1, 0.15) is 0 Å². The van der Waals surface area contributed by atoms with Crippen molar-refractivity contribution in [1.82, 2.24) is 5.43 Å². The number of anilines is 1. The van der Waals surface area contributed by atoms with Gasteiger partial charge in [-0.05, 0) is 18.2 Å². The van der Waals surface area contributed by atoms with Crippen LogP contribution in [-0.2, 0) is 14.8 Å². The quantitative estimate of drug-likeness (QED) is 0.319. The minimum atomic E-state index is -4.42. The number of halogens is 2. The van der Waals surface area contributed by atoms with Crippen LogP contribution in [0.3, 0.4) is 0 Å². The van der Waals surface area contributed by atoms with Gasteiger partial charge < -0.3 is 0 Å². The third-order valence-corrected chi connectivity index (χ3v) is 5.60. The maximum Gasteiger partial charge on any atom is 0.270 e. The highest BCUT2D eigenvalue weighted by molar-refractivity contribution is 7.92. The van der Waals surface area contributed by atoms with Crippen molar-refractivity contribution in [3.63, 3.8) is 0 Å². The summed E-state index contributed by atoms with van der Waals surface area (Å²) in [6.07, 6.45) is 0. The summed E-state index contributed by atoms with van der Waals surface area (Å²) in [4.78, 5) is 21.5. The van der Waals surface area contributed by atoms with Crippen LogP contribution in [0.15, 0.2) is 47.4 Å². The van der Waals surface area contributed by atoms with Gasteiger partial charge in [0.1, 0.15) is 6.54 Å². The number of sulfonamides is 1. The van der Waals surface area contributed by atoms with E-state index in [-0.39, 0.29) is 15.7 Å². The summed E-state index contributed by atoms with van der Waals surface area (Å²) in [5.74, 6) is 4.21. The highest BCUT2D eigenvalue weighted by atomic mass is 35.5. The molecule has 0 fully saturated rings. The van der Waals surface area contributed by atoms with Crippen LogP contribution in [0.25, 0.3) is 0 Å². The van der Waals surface area contributed by atoms with Gasteiger partial charge in [-0.2, -0.15) is 0 Å².